The number of unbranched alkanes of at least 4 members (excludes halogenated alkanes) is 32. The molecule has 3 atom stereocenters. The summed E-state index contributed by atoms with van der Waals surface area (Å²) in [6, 6.07) is -0.709. The van der Waals surface area contributed by atoms with Crippen LogP contribution in [0.5, 0.6) is 0 Å². The van der Waals surface area contributed by atoms with Crippen LogP contribution in [0.25, 0.3) is 0 Å². The third-order valence-corrected chi connectivity index (χ3v) is 13.6. The smallest absolute Gasteiger partial charge is 0.306 e. The Labute approximate surface area is 428 Å². The quantitative estimate of drug-likeness (QED) is 0.0321. The highest BCUT2D eigenvalue weighted by atomic mass is 16.5. The molecule has 0 heterocycles. The van der Waals surface area contributed by atoms with Gasteiger partial charge >= 0.3 is 5.97 Å². The van der Waals surface area contributed by atoms with E-state index in [2.05, 4.69) is 86.8 Å². The van der Waals surface area contributed by atoms with E-state index < -0.39 is 18.2 Å². The van der Waals surface area contributed by atoms with Crippen molar-refractivity contribution < 1.29 is 24.5 Å². The summed E-state index contributed by atoms with van der Waals surface area (Å²) < 4.78 is 5.96. The molecule has 6 nitrogen and oxygen atoms in total. The van der Waals surface area contributed by atoms with Crippen LogP contribution in [0.15, 0.2) is 60.8 Å². The van der Waals surface area contributed by atoms with Crippen LogP contribution < -0.4 is 5.32 Å². The number of hydrogen-bond donors (Lipinski definition) is 3. The second kappa shape index (κ2) is 56.5. The predicted molar refractivity (Wildman–Crippen MR) is 301 cm³/mol. The van der Waals surface area contributed by atoms with Gasteiger partial charge in [0.15, 0.2) is 0 Å². The number of nitrogens with one attached hydrogen (secondary N) is 1. The largest absolute Gasteiger partial charge is 0.462 e. The van der Waals surface area contributed by atoms with Gasteiger partial charge < -0.3 is 20.3 Å². The van der Waals surface area contributed by atoms with Crippen LogP contribution in [0.1, 0.15) is 303 Å². The van der Waals surface area contributed by atoms with Crippen molar-refractivity contribution in [2.24, 2.45) is 0 Å². The molecular weight excluding hydrogens is 851 g/mol. The minimum atomic E-state index is -0.794. The first-order chi connectivity index (χ1) is 34.0. The topological polar surface area (TPSA) is 95.9 Å². The Kier molecular flexibility index (Phi) is 54.5. The number of amides is 1. The lowest BCUT2D eigenvalue weighted by Crippen LogP contribution is -2.46. The third kappa shape index (κ3) is 51.7. The molecule has 0 aromatic heterocycles. The van der Waals surface area contributed by atoms with E-state index in [4.69, 9.17) is 4.74 Å². The lowest BCUT2D eigenvalue weighted by molar-refractivity contribution is -0.151. The monoisotopic (exact) mass is 966 g/mol. The molecule has 0 saturated heterocycles. The highest BCUT2D eigenvalue weighted by Crippen LogP contribution is 2.19. The molecule has 3 unspecified atom stereocenters. The van der Waals surface area contributed by atoms with Gasteiger partial charge in [-0.05, 0) is 70.6 Å². The number of hydrogen-bond acceptors (Lipinski definition) is 5. The molecule has 69 heavy (non-hydrogen) atoms. The van der Waals surface area contributed by atoms with E-state index in [0.29, 0.717) is 19.3 Å². The second-order valence-corrected chi connectivity index (χ2v) is 20.4. The van der Waals surface area contributed by atoms with Crippen LogP contribution in [-0.4, -0.2) is 46.9 Å². The molecule has 0 rings (SSSR count). The molecule has 0 aromatic carbocycles. The summed E-state index contributed by atoms with van der Waals surface area (Å²) in [5, 5.41) is 23.9. The minimum absolute atomic E-state index is 0.0662. The van der Waals surface area contributed by atoms with Crippen molar-refractivity contribution in [3.8, 4) is 0 Å². The second-order valence-electron chi connectivity index (χ2n) is 20.4. The minimum Gasteiger partial charge on any atom is -0.462 e. The van der Waals surface area contributed by atoms with Crippen LogP contribution in [-0.2, 0) is 14.3 Å². The molecule has 0 aliphatic heterocycles. The number of allylic oxidation sites excluding steroid dienone is 10. The molecule has 0 bridgehead atoms. The molecule has 402 valence electrons. The molecule has 0 fully saturated rings. The van der Waals surface area contributed by atoms with Gasteiger partial charge in [0.1, 0.15) is 6.10 Å². The fourth-order valence-corrected chi connectivity index (χ4v) is 9.11. The zero-order valence-corrected chi connectivity index (χ0v) is 45.9. The summed E-state index contributed by atoms with van der Waals surface area (Å²) in [4.78, 5) is 26.3. The fourth-order valence-electron chi connectivity index (χ4n) is 9.11. The van der Waals surface area contributed by atoms with Crippen molar-refractivity contribution in [1.29, 1.82) is 0 Å². The van der Waals surface area contributed by atoms with Gasteiger partial charge in [-0.15, -0.1) is 0 Å². The molecule has 0 saturated carbocycles. The standard InChI is InChI=1S/C63H115NO5/c1-4-7-10-13-16-19-22-25-28-30-31-33-35-38-41-44-47-50-53-56-63(68)69-59(54-51-48-45-42-39-36-34-32-29-26-23-20-17-14-11-8-5-2)57-62(67)64-60(58-65)61(66)55-52-49-46-43-40-37-27-24-21-18-15-12-9-6-3/h7,10,16,19,25,28,31,33,38,41,59-61,65-66H,4-6,8-9,11-15,17-18,20-24,26-27,29-30,32,34-37,39-40,42-58H2,1-3H3,(H,64,67)/b10-7-,19-16-,28-25-,33-31-,41-38-. The molecule has 0 aromatic rings. The maximum Gasteiger partial charge on any atom is 0.306 e. The lowest BCUT2D eigenvalue weighted by Gasteiger charge is -2.24. The molecular formula is C63H115NO5. The van der Waals surface area contributed by atoms with Gasteiger partial charge in [-0.3, -0.25) is 9.59 Å². The van der Waals surface area contributed by atoms with Crippen molar-refractivity contribution in [2.75, 3.05) is 6.61 Å². The highest BCUT2D eigenvalue weighted by Gasteiger charge is 2.24. The van der Waals surface area contributed by atoms with Crippen LogP contribution in [0.2, 0.25) is 0 Å². The zero-order chi connectivity index (χ0) is 50.2. The summed E-state index contributed by atoms with van der Waals surface area (Å²) in [6.07, 6.45) is 71.4. The molecule has 0 aliphatic rings. The first-order valence-corrected chi connectivity index (χ1v) is 30.0. The van der Waals surface area contributed by atoms with Crippen LogP contribution in [0.4, 0.5) is 0 Å². The molecule has 0 radical (unpaired) electrons. The molecule has 1 amide bonds. The maximum atomic E-state index is 13.3. The van der Waals surface area contributed by atoms with E-state index in [9.17, 15) is 19.8 Å². The zero-order valence-electron chi connectivity index (χ0n) is 45.9. The predicted octanol–water partition coefficient (Wildman–Crippen LogP) is 18.7. The van der Waals surface area contributed by atoms with Gasteiger partial charge in [0.05, 0.1) is 25.2 Å². The molecule has 0 aliphatic carbocycles. The number of rotatable bonds is 54. The van der Waals surface area contributed by atoms with E-state index in [1.54, 1.807) is 0 Å². The van der Waals surface area contributed by atoms with E-state index in [1.165, 1.54) is 167 Å². The Bertz CT molecular complexity index is 1220. The molecule has 3 N–H and O–H groups in total. The number of aliphatic hydroxyl groups is 2. The van der Waals surface area contributed by atoms with Gasteiger partial charge in [0.2, 0.25) is 5.91 Å². The van der Waals surface area contributed by atoms with Gasteiger partial charge in [-0.2, -0.15) is 0 Å². The first-order valence-electron chi connectivity index (χ1n) is 30.0. The third-order valence-electron chi connectivity index (χ3n) is 13.6. The van der Waals surface area contributed by atoms with Crippen LogP contribution in [0.3, 0.4) is 0 Å². The summed E-state index contributed by atoms with van der Waals surface area (Å²) in [5.74, 6) is -0.498. The number of carbonyl (C=O) groups excluding carboxylic acids is 2. The average molecular weight is 967 g/mol. The summed E-state index contributed by atoms with van der Waals surface area (Å²) in [5.41, 5.74) is 0. The molecule has 0 spiro atoms. The van der Waals surface area contributed by atoms with Gasteiger partial charge in [0.25, 0.3) is 0 Å². The Balaban J connectivity index is 4.60. The van der Waals surface area contributed by atoms with Crippen molar-refractivity contribution in [2.45, 2.75) is 322 Å². The lowest BCUT2D eigenvalue weighted by atomic mass is 10.0. The van der Waals surface area contributed by atoms with E-state index in [1.807, 2.05) is 0 Å². The van der Waals surface area contributed by atoms with E-state index in [0.717, 1.165) is 89.9 Å². The maximum absolute atomic E-state index is 13.3. The van der Waals surface area contributed by atoms with Crippen molar-refractivity contribution >= 4 is 11.9 Å². The number of aliphatic hydroxyl groups excluding tert-OH is 2. The van der Waals surface area contributed by atoms with Crippen LogP contribution >= 0.6 is 0 Å². The number of esters is 1. The van der Waals surface area contributed by atoms with Gasteiger partial charge in [-0.1, -0.05) is 281 Å². The van der Waals surface area contributed by atoms with Gasteiger partial charge in [-0.25, -0.2) is 0 Å². The average Bonchev–Trinajstić information content (AvgIpc) is 3.34. The van der Waals surface area contributed by atoms with Crippen molar-refractivity contribution in [1.82, 2.24) is 5.32 Å². The Morgan fingerprint density at radius 1 is 0.435 bits per heavy atom. The van der Waals surface area contributed by atoms with Crippen molar-refractivity contribution in [3.05, 3.63) is 60.8 Å². The Morgan fingerprint density at radius 2 is 0.783 bits per heavy atom. The summed E-state index contributed by atoms with van der Waals surface area (Å²) in [6.45, 7) is 6.40. The summed E-state index contributed by atoms with van der Waals surface area (Å²) in [7, 11) is 0. The number of carbonyl (C=O) groups is 2. The Hall–Kier alpha value is -2.44. The van der Waals surface area contributed by atoms with E-state index >= 15 is 0 Å². The van der Waals surface area contributed by atoms with Crippen LogP contribution in [0, 0.1) is 0 Å². The van der Waals surface area contributed by atoms with E-state index in [-0.39, 0.29) is 24.9 Å². The van der Waals surface area contributed by atoms with Gasteiger partial charge in [0, 0.05) is 6.42 Å². The first kappa shape index (κ1) is 66.6. The fraction of sp³-hybridized carbons (Fsp3) is 0.810. The molecule has 6 heteroatoms. The Morgan fingerprint density at radius 3 is 1.17 bits per heavy atom. The normalized spacial score (nSPS) is 13.5. The summed E-state index contributed by atoms with van der Waals surface area (Å²) >= 11 is 0. The highest BCUT2D eigenvalue weighted by molar-refractivity contribution is 5.77. The van der Waals surface area contributed by atoms with Crippen molar-refractivity contribution in [3.63, 3.8) is 0 Å². The SMILES string of the molecule is CC/C=C\C/C=C\C/C=C\C/C=C\C/C=C\CCCCCC(=O)OC(CCCCCCCCCCCCCCCCCCC)CC(=O)NC(CO)C(O)CCCCCCCCCCCCCCCC. The number of ether oxygens (including phenoxy) is 1.